The van der Waals surface area contributed by atoms with E-state index in [9.17, 15) is 9.59 Å². The van der Waals surface area contributed by atoms with Crippen LogP contribution in [-0.2, 0) is 9.59 Å². The highest BCUT2D eigenvalue weighted by atomic mass is 35.5. The van der Waals surface area contributed by atoms with Gasteiger partial charge in [0.15, 0.2) is 5.78 Å². The van der Waals surface area contributed by atoms with Gasteiger partial charge in [-0.2, -0.15) is 0 Å². The summed E-state index contributed by atoms with van der Waals surface area (Å²) in [6.07, 6.45) is 3.13. The Kier molecular flexibility index (Phi) is 1.37. The number of carbonyl (C=O) groups excluding carboxylic acids is 2. The van der Waals surface area contributed by atoms with Crippen molar-refractivity contribution in [2.45, 2.75) is 25.7 Å². The molecule has 3 heteroatoms. The third kappa shape index (κ3) is 0.734. The van der Waals surface area contributed by atoms with Crippen LogP contribution in [0.4, 0.5) is 0 Å². The average Bonchev–Trinajstić information content (AvgIpc) is 2.46. The maximum absolute atomic E-state index is 11.4. The van der Waals surface area contributed by atoms with Crippen LogP contribution in [0.2, 0.25) is 0 Å². The molecule has 60 valence electrons. The van der Waals surface area contributed by atoms with E-state index < -0.39 is 10.7 Å². The van der Waals surface area contributed by atoms with Gasteiger partial charge in [-0.1, -0.05) is 0 Å². The van der Waals surface area contributed by atoms with Crippen molar-refractivity contribution in [3.8, 4) is 0 Å². The van der Waals surface area contributed by atoms with Crippen LogP contribution in [0.25, 0.3) is 0 Å². The molecule has 0 amide bonds. The number of Topliss-reactive ketones (excluding diaryl/α,β-unsaturated/α-hetero) is 1. The number of fused-ring (bicyclic) bond motifs is 2. The van der Waals surface area contributed by atoms with Gasteiger partial charge in [-0.25, -0.2) is 0 Å². The molecule has 0 aliphatic heterocycles. The van der Waals surface area contributed by atoms with Crippen LogP contribution in [-0.4, -0.2) is 11.0 Å². The van der Waals surface area contributed by atoms with Crippen molar-refractivity contribution in [1.29, 1.82) is 0 Å². The van der Waals surface area contributed by atoms with Gasteiger partial charge in [0.1, 0.15) is 5.41 Å². The van der Waals surface area contributed by atoms with Crippen LogP contribution < -0.4 is 0 Å². The van der Waals surface area contributed by atoms with E-state index in [1.54, 1.807) is 0 Å². The minimum atomic E-state index is -0.744. The fourth-order valence-corrected chi connectivity index (χ4v) is 2.59. The molecule has 0 aromatic carbocycles. The fraction of sp³-hybridized carbons (Fsp3) is 0.750. The molecule has 11 heavy (non-hydrogen) atoms. The molecule has 2 aliphatic rings. The lowest BCUT2D eigenvalue weighted by Crippen LogP contribution is -2.28. The van der Waals surface area contributed by atoms with Gasteiger partial charge < -0.3 is 0 Å². The third-order valence-corrected chi connectivity index (χ3v) is 3.42. The van der Waals surface area contributed by atoms with E-state index >= 15 is 0 Å². The summed E-state index contributed by atoms with van der Waals surface area (Å²) in [7, 11) is 0. The summed E-state index contributed by atoms with van der Waals surface area (Å²) in [5.41, 5.74) is -0.744. The molecule has 2 saturated carbocycles. The monoisotopic (exact) mass is 172 g/mol. The van der Waals surface area contributed by atoms with E-state index in [1.165, 1.54) is 0 Å². The lowest BCUT2D eigenvalue weighted by molar-refractivity contribution is -0.133. The third-order valence-electron chi connectivity index (χ3n) is 3.06. The first-order valence-electron chi connectivity index (χ1n) is 3.91. The van der Waals surface area contributed by atoms with E-state index in [4.69, 9.17) is 11.6 Å². The Labute approximate surface area is 69.9 Å². The molecule has 2 rings (SSSR count). The van der Waals surface area contributed by atoms with Gasteiger partial charge in [0.05, 0.1) is 0 Å². The molecule has 2 aliphatic carbocycles. The molecule has 2 fully saturated rings. The highest BCUT2D eigenvalue weighted by Gasteiger charge is 2.56. The first-order chi connectivity index (χ1) is 5.17. The minimum absolute atomic E-state index is 0.109. The average molecular weight is 173 g/mol. The minimum Gasteiger partial charge on any atom is -0.298 e. The molecule has 2 bridgehead atoms. The van der Waals surface area contributed by atoms with Crippen LogP contribution in [0.3, 0.4) is 0 Å². The van der Waals surface area contributed by atoms with Crippen LogP contribution >= 0.6 is 11.6 Å². The van der Waals surface area contributed by atoms with E-state index in [1.807, 2.05) is 0 Å². The summed E-state index contributed by atoms with van der Waals surface area (Å²) >= 11 is 5.40. The zero-order valence-electron chi connectivity index (χ0n) is 6.10. The zero-order chi connectivity index (χ0) is 8.06. The fourth-order valence-electron chi connectivity index (χ4n) is 2.30. The summed E-state index contributed by atoms with van der Waals surface area (Å²) in [6.45, 7) is 0. The van der Waals surface area contributed by atoms with Gasteiger partial charge in [0, 0.05) is 5.92 Å². The van der Waals surface area contributed by atoms with Crippen molar-refractivity contribution in [3.63, 3.8) is 0 Å². The second-order valence-electron chi connectivity index (χ2n) is 3.49. The second-order valence-corrected chi connectivity index (χ2v) is 3.84. The summed E-state index contributed by atoms with van der Waals surface area (Å²) < 4.78 is 0. The Balaban J connectivity index is 2.39. The topological polar surface area (TPSA) is 34.1 Å². The normalized spacial score (nSPS) is 41.5. The molecule has 0 spiro atoms. The molecular weight excluding hydrogens is 164 g/mol. The summed E-state index contributed by atoms with van der Waals surface area (Å²) in [4.78, 5) is 22.4. The van der Waals surface area contributed by atoms with Crippen LogP contribution in [0, 0.1) is 11.3 Å². The van der Waals surface area contributed by atoms with E-state index in [-0.39, 0.29) is 11.7 Å². The highest BCUT2D eigenvalue weighted by molar-refractivity contribution is 6.66. The van der Waals surface area contributed by atoms with Crippen LogP contribution in [0.15, 0.2) is 0 Å². The Bertz CT molecular complexity index is 226. The second kappa shape index (κ2) is 2.07. The van der Waals surface area contributed by atoms with E-state index in [0.29, 0.717) is 12.8 Å². The maximum atomic E-state index is 11.4. The van der Waals surface area contributed by atoms with Crippen LogP contribution in [0.1, 0.15) is 25.7 Å². The van der Waals surface area contributed by atoms with Gasteiger partial charge in [-0.05, 0) is 37.3 Å². The van der Waals surface area contributed by atoms with Crippen molar-refractivity contribution in [1.82, 2.24) is 0 Å². The number of carbonyl (C=O) groups is 2. The number of hydrogen-bond acceptors (Lipinski definition) is 2. The standard InChI is InChI=1S/C8H9ClO2/c9-7(11)8-3-1-5(2-4-8)6(8)10/h5H,1-4H2. The molecule has 0 unspecified atom stereocenters. The lowest BCUT2D eigenvalue weighted by Gasteiger charge is -2.18. The van der Waals surface area contributed by atoms with Crippen LogP contribution in [0.5, 0.6) is 0 Å². The Hall–Kier alpha value is -0.370. The zero-order valence-corrected chi connectivity index (χ0v) is 6.86. The molecule has 0 radical (unpaired) electrons. The van der Waals surface area contributed by atoms with Gasteiger partial charge >= 0.3 is 0 Å². The smallest absolute Gasteiger partial charge is 0.235 e. The summed E-state index contributed by atoms with van der Waals surface area (Å²) in [6, 6.07) is 0. The van der Waals surface area contributed by atoms with E-state index in [2.05, 4.69) is 0 Å². The molecule has 0 N–H and O–H groups in total. The molecule has 0 aromatic heterocycles. The summed E-state index contributed by atoms with van der Waals surface area (Å²) in [5.74, 6) is 0.259. The van der Waals surface area contributed by atoms with E-state index in [0.717, 1.165) is 12.8 Å². The van der Waals surface area contributed by atoms with Gasteiger partial charge in [0.25, 0.3) is 0 Å². The van der Waals surface area contributed by atoms with Gasteiger partial charge in [0.2, 0.25) is 5.24 Å². The molecular formula is C8H9ClO2. The van der Waals surface area contributed by atoms with Crippen molar-refractivity contribution < 1.29 is 9.59 Å². The van der Waals surface area contributed by atoms with Crippen molar-refractivity contribution in [2.24, 2.45) is 11.3 Å². The molecule has 0 aromatic rings. The van der Waals surface area contributed by atoms with Crippen molar-refractivity contribution in [3.05, 3.63) is 0 Å². The molecule has 0 saturated heterocycles. The number of rotatable bonds is 1. The Morgan fingerprint density at radius 1 is 1.45 bits per heavy atom. The van der Waals surface area contributed by atoms with Crippen molar-refractivity contribution in [2.75, 3.05) is 0 Å². The predicted molar refractivity (Wildman–Crippen MR) is 40.3 cm³/mol. The Morgan fingerprint density at radius 3 is 2.18 bits per heavy atom. The molecule has 2 nitrogen and oxygen atoms in total. The quantitative estimate of drug-likeness (QED) is 0.444. The number of hydrogen-bond donors (Lipinski definition) is 0. The Morgan fingerprint density at radius 2 is 2.00 bits per heavy atom. The van der Waals surface area contributed by atoms with Crippen molar-refractivity contribution >= 4 is 22.6 Å². The first-order valence-corrected chi connectivity index (χ1v) is 4.29. The highest BCUT2D eigenvalue weighted by Crippen LogP contribution is 2.52. The molecule has 0 heterocycles. The number of halogens is 1. The SMILES string of the molecule is O=C(Cl)C12CCC(CC1)C2=O. The largest absolute Gasteiger partial charge is 0.298 e. The number of ketones is 1. The summed E-state index contributed by atoms with van der Waals surface area (Å²) in [5, 5.41) is -0.428. The predicted octanol–water partition coefficient (Wildman–Crippen LogP) is 1.51. The van der Waals surface area contributed by atoms with Gasteiger partial charge in [-0.3, -0.25) is 9.59 Å². The van der Waals surface area contributed by atoms with Gasteiger partial charge in [-0.15, -0.1) is 0 Å². The lowest BCUT2D eigenvalue weighted by atomic mass is 9.85. The first kappa shape index (κ1) is 7.29. The maximum Gasteiger partial charge on any atom is 0.235 e. The molecule has 0 atom stereocenters.